The number of carbonyl (C=O) groups is 2. The second-order valence-electron chi connectivity index (χ2n) is 5.57. The zero-order chi connectivity index (χ0) is 14.8. The molecule has 0 spiro atoms. The monoisotopic (exact) mass is 285 g/mol. The van der Waals surface area contributed by atoms with E-state index in [0.717, 1.165) is 0 Å². The fourth-order valence-corrected chi connectivity index (χ4v) is 2.80. The van der Waals surface area contributed by atoms with E-state index in [1.807, 2.05) is 6.92 Å². The van der Waals surface area contributed by atoms with Gasteiger partial charge in [-0.1, -0.05) is 19.1 Å². The summed E-state index contributed by atoms with van der Waals surface area (Å²) in [5.41, 5.74) is 5.04. The van der Waals surface area contributed by atoms with Crippen molar-refractivity contribution in [1.82, 2.24) is 9.80 Å². The van der Waals surface area contributed by atoms with Gasteiger partial charge in [-0.15, -0.1) is 0 Å². The van der Waals surface area contributed by atoms with Crippen molar-refractivity contribution in [2.75, 3.05) is 27.2 Å². The van der Waals surface area contributed by atoms with Crippen LogP contribution in [0.15, 0.2) is 0 Å². The molecule has 108 valence electrons. The summed E-state index contributed by atoms with van der Waals surface area (Å²) in [6.07, 6.45) is 1.38. The quantitative estimate of drug-likeness (QED) is 0.752. The smallest absolute Gasteiger partial charge is 0.241 e. The van der Waals surface area contributed by atoms with Gasteiger partial charge in [0.2, 0.25) is 11.8 Å². The van der Waals surface area contributed by atoms with Crippen molar-refractivity contribution in [1.29, 1.82) is 0 Å². The fourth-order valence-electron chi connectivity index (χ4n) is 2.55. The van der Waals surface area contributed by atoms with Crippen molar-refractivity contribution in [2.45, 2.75) is 26.7 Å². The van der Waals surface area contributed by atoms with Gasteiger partial charge in [0.05, 0.1) is 16.9 Å². The zero-order valence-electron chi connectivity index (χ0n) is 12.1. The average Bonchev–Trinajstić information content (AvgIpc) is 2.29. The maximum absolute atomic E-state index is 12.6. The lowest BCUT2D eigenvalue weighted by Gasteiger charge is -2.46. The molecule has 1 fully saturated rings. The predicted octanol–water partition coefficient (Wildman–Crippen LogP) is 0.626. The van der Waals surface area contributed by atoms with Crippen LogP contribution in [0.4, 0.5) is 0 Å². The molecule has 0 atom stereocenters. The molecule has 2 N–H and O–H groups in total. The summed E-state index contributed by atoms with van der Waals surface area (Å²) in [5.74, 6) is 0.255. The van der Waals surface area contributed by atoms with Crippen LogP contribution in [0.2, 0.25) is 0 Å². The number of thiocarbonyl (C=S) groups is 1. The Kier molecular flexibility index (Phi) is 4.90. The van der Waals surface area contributed by atoms with E-state index in [1.165, 1.54) is 4.90 Å². The fraction of sp³-hybridized carbons (Fsp3) is 0.769. The molecule has 0 heterocycles. The molecule has 1 saturated carbocycles. The second-order valence-corrected chi connectivity index (χ2v) is 6.01. The van der Waals surface area contributed by atoms with Crippen LogP contribution in [0, 0.1) is 11.3 Å². The third kappa shape index (κ3) is 3.05. The molecule has 0 aliphatic heterocycles. The number of likely N-dealkylation sites (N-methyl/N-ethyl adjacent to an activating group) is 2. The highest BCUT2D eigenvalue weighted by Crippen LogP contribution is 2.47. The van der Waals surface area contributed by atoms with Crippen molar-refractivity contribution in [3.63, 3.8) is 0 Å². The maximum Gasteiger partial charge on any atom is 0.241 e. The van der Waals surface area contributed by atoms with Crippen molar-refractivity contribution >= 4 is 29.0 Å². The number of nitrogens with zero attached hydrogens (tertiary/aromatic N) is 2. The second kappa shape index (κ2) is 5.86. The van der Waals surface area contributed by atoms with Gasteiger partial charge in [-0.3, -0.25) is 9.59 Å². The number of rotatable bonds is 5. The van der Waals surface area contributed by atoms with E-state index in [-0.39, 0.29) is 23.3 Å². The number of nitrogens with two attached hydrogens (primary N) is 1. The number of amides is 2. The number of carbonyl (C=O) groups excluding carboxylic acids is 2. The highest BCUT2D eigenvalue weighted by atomic mass is 32.1. The van der Waals surface area contributed by atoms with Crippen molar-refractivity contribution in [2.24, 2.45) is 17.1 Å². The Morgan fingerprint density at radius 3 is 2.21 bits per heavy atom. The Morgan fingerprint density at radius 1 is 1.37 bits per heavy atom. The summed E-state index contributed by atoms with van der Waals surface area (Å²) < 4.78 is 0. The van der Waals surface area contributed by atoms with Gasteiger partial charge in [0.15, 0.2) is 0 Å². The first-order valence-electron chi connectivity index (χ1n) is 6.54. The van der Waals surface area contributed by atoms with Gasteiger partial charge in [-0.25, -0.2) is 0 Å². The molecule has 5 nitrogen and oxygen atoms in total. The van der Waals surface area contributed by atoms with Crippen LogP contribution in [0.25, 0.3) is 0 Å². The highest BCUT2D eigenvalue weighted by molar-refractivity contribution is 7.80. The minimum absolute atomic E-state index is 0.0844. The van der Waals surface area contributed by atoms with Crippen molar-refractivity contribution in [3.05, 3.63) is 0 Å². The predicted molar refractivity (Wildman–Crippen MR) is 78.6 cm³/mol. The SMILES string of the molecule is CCN(CC(=O)N(C)C)C(=O)C1(C(N)=S)CC(C)C1. The maximum atomic E-state index is 12.6. The summed E-state index contributed by atoms with van der Waals surface area (Å²) in [6.45, 7) is 4.50. The molecular formula is C13H23N3O2S. The van der Waals surface area contributed by atoms with Gasteiger partial charge >= 0.3 is 0 Å². The van der Waals surface area contributed by atoms with E-state index in [9.17, 15) is 9.59 Å². The molecule has 0 aromatic carbocycles. The van der Waals surface area contributed by atoms with Crippen LogP contribution in [-0.4, -0.2) is 53.8 Å². The first kappa shape index (κ1) is 15.9. The van der Waals surface area contributed by atoms with Gasteiger partial charge < -0.3 is 15.5 Å². The molecule has 0 radical (unpaired) electrons. The van der Waals surface area contributed by atoms with Gasteiger partial charge in [0, 0.05) is 20.6 Å². The van der Waals surface area contributed by atoms with Crippen LogP contribution >= 0.6 is 12.2 Å². The molecule has 0 aromatic heterocycles. The molecule has 0 bridgehead atoms. The summed E-state index contributed by atoms with van der Waals surface area (Å²) in [5, 5.41) is 0. The lowest BCUT2D eigenvalue weighted by atomic mass is 9.61. The molecule has 19 heavy (non-hydrogen) atoms. The molecule has 0 unspecified atom stereocenters. The number of hydrogen-bond acceptors (Lipinski definition) is 3. The number of hydrogen-bond donors (Lipinski definition) is 1. The van der Waals surface area contributed by atoms with E-state index in [1.54, 1.807) is 19.0 Å². The Balaban J connectivity index is 2.83. The van der Waals surface area contributed by atoms with Crippen LogP contribution < -0.4 is 5.73 Å². The third-order valence-electron chi connectivity index (χ3n) is 3.77. The van der Waals surface area contributed by atoms with E-state index in [4.69, 9.17) is 18.0 Å². The summed E-state index contributed by atoms with van der Waals surface area (Å²) in [4.78, 5) is 27.6. The Hall–Kier alpha value is -1.17. The summed E-state index contributed by atoms with van der Waals surface area (Å²) >= 11 is 5.08. The molecule has 1 aliphatic rings. The first-order chi connectivity index (χ1) is 8.74. The summed E-state index contributed by atoms with van der Waals surface area (Å²) in [7, 11) is 3.35. The normalized spacial score (nSPS) is 25.4. The molecule has 0 saturated heterocycles. The minimum atomic E-state index is -0.725. The van der Waals surface area contributed by atoms with Gasteiger partial charge in [-0.2, -0.15) is 0 Å². The van der Waals surface area contributed by atoms with Crippen LogP contribution in [0.1, 0.15) is 26.7 Å². The molecule has 6 heteroatoms. The standard InChI is InChI=1S/C13H23N3O2S/c1-5-16(8-10(17)15(3)4)12(18)13(11(14)19)6-9(2)7-13/h9H,5-8H2,1-4H3,(H2,14,19). The highest BCUT2D eigenvalue weighted by Gasteiger charge is 2.52. The van der Waals surface area contributed by atoms with Crippen molar-refractivity contribution in [3.8, 4) is 0 Å². The molecular weight excluding hydrogens is 262 g/mol. The van der Waals surface area contributed by atoms with E-state index in [2.05, 4.69) is 6.92 Å². The average molecular weight is 285 g/mol. The van der Waals surface area contributed by atoms with Gasteiger partial charge in [0.25, 0.3) is 0 Å². The first-order valence-corrected chi connectivity index (χ1v) is 6.95. The molecule has 1 aliphatic carbocycles. The van der Waals surface area contributed by atoms with Gasteiger partial charge in [-0.05, 0) is 25.7 Å². The Bertz CT molecular complexity index is 389. The van der Waals surface area contributed by atoms with Crippen LogP contribution in [0.5, 0.6) is 0 Å². The lowest BCUT2D eigenvalue weighted by molar-refractivity contribution is -0.148. The summed E-state index contributed by atoms with van der Waals surface area (Å²) in [6, 6.07) is 0. The molecule has 0 aromatic rings. The topological polar surface area (TPSA) is 66.6 Å². The van der Waals surface area contributed by atoms with Crippen molar-refractivity contribution < 1.29 is 9.59 Å². The zero-order valence-corrected chi connectivity index (χ0v) is 12.9. The minimum Gasteiger partial charge on any atom is -0.392 e. The Labute approximate surface area is 120 Å². The van der Waals surface area contributed by atoms with Crippen LogP contribution in [-0.2, 0) is 9.59 Å². The molecule has 2 amide bonds. The largest absolute Gasteiger partial charge is 0.392 e. The van der Waals surface area contributed by atoms with Crippen LogP contribution in [0.3, 0.4) is 0 Å². The lowest BCUT2D eigenvalue weighted by Crippen LogP contribution is -2.58. The Morgan fingerprint density at radius 2 is 1.89 bits per heavy atom. The van der Waals surface area contributed by atoms with Gasteiger partial charge in [0.1, 0.15) is 0 Å². The third-order valence-corrected chi connectivity index (χ3v) is 4.16. The van der Waals surface area contributed by atoms with E-state index in [0.29, 0.717) is 25.3 Å². The van der Waals surface area contributed by atoms with E-state index < -0.39 is 5.41 Å². The molecule has 1 rings (SSSR count). The van der Waals surface area contributed by atoms with E-state index >= 15 is 0 Å².